The molecule has 0 bridgehead atoms. The molecule has 1 saturated carbocycles. The summed E-state index contributed by atoms with van der Waals surface area (Å²) in [6.07, 6.45) is 2.60. The fraction of sp³-hybridized carbons (Fsp3) is 0.385. The molecule has 2 rings (SSSR count). The number of hydrogen-bond acceptors (Lipinski definition) is 2. The van der Waals surface area contributed by atoms with E-state index in [1.807, 2.05) is 4.90 Å². The molecule has 102 valence electrons. The van der Waals surface area contributed by atoms with Crippen LogP contribution in [-0.2, 0) is 0 Å². The zero-order valence-electron chi connectivity index (χ0n) is 10.2. The normalized spacial score (nSPS) is 14.2. The fourth-order valence-electron chi connectivity index (χ4n) is 1.86. The average Bonchev–Trinajstić information content (AvgIpc) is 3.16. The first-order valence-corrected chi connectivity index (χ1v) is 7.20. The molecule has 0 heterocycles. The third kappa shape index (κ3) is 3.81. The Balaban J connectivity index is 2.14. The van der Waals surface area contributed by atoms with E-state index >= 15 is 0 Å². The van der Waals surface area contributed by atoms with E-state index in [0.717, 1.165) is 12.8 Å². The van der Waals surface area contributed by atoms with E-state index in [0.29, 0.717) is 39.6 Å². The maximum absolute atomic E-state index is 12.4. The van der Waals surface area contributed by atoms with Crippen molar-refractivity contribution in [3.63, 3.8) is 0 Å². The summed E-state index contributed by atoms with van der Waals surface area (Å²) in [4.78, 5) is 14.7. The van der Waals surface area contributed by atoms with E-state index in [9.17, 15) is 4.79 Å². The molecule has 1 amide bonds. The van der Waals surface area contributed by atoms with E-state index in [4.69, 9.17) is 41.2 Å². The van der Waals surface area contributed by atoms with Gasteiger partial charge in [0.15, 0.2) is 0 Å². The zero-order chi connectivity index (χ0) is 14.0. The van der Waals surface area contributed by atoms with Gasteiger partial charge in [-0.25, -0.2) is 0 Å². The van der Waals surface area contributed by atoms with Crippen LogP contribution < -0.4 is 5.73 Å². The molecule has 6 heteroatoms. The van der Waals surface area contributed by atoms with Crippen molar-refractivity contribution in [2.75, 3.05) is 6.54 Å². The van der Waals surface area contributed by atoms with Gasteiger partial charge in [-0.05, 0) is 31.0 Å². The molecule has 3 nitrogen and oxygen atoms in total. The third-order valence-electron chi connectivity index (χ3n) is 3.01. The Labute approximate surface area is 127 Å². The van der Waals surface area contributed by atoms with Gasteiger partial charge in [-0.1, -0.05) is 35.4 Å². The number of carbonyl (C=O) groups is 1. The summed E-state index contributed by atoms with van der Waals surface area (Å²) in [5.41, 5.74) is 6.04. The van der Waals surface area contributed by atoms with Crippen molar-refractivity contribution in [2.24, 2.45) is 5.73 Å². The minimum Gasteiger partial charge on any atom is -0.393 e. The molecule has 1 aromatic carbocycles. The van der Waals surface area contributed by atoms with Crippen LogP contribution in [0.5, 0.6) is 0 Å². The van der Waals surface area contributed by atoms with Crippen molar-refractivity contribution < 1.29 is 4.79 Å². The lowest BCUT2D eigenvalue weighted by Gasteiger charge is -2.22. The summed E-state index contributed by atoms with van der Waals surface area (Å²) in [6, 6.07) is 5.22. The molecule has 1 fully saturated rings. The lowest BCUT2D eigenvalue weighted by atomic mass is 10.2. The molecule has 1 aliphatic carbocycles. The summed E-state index contributed by atoms with van der Waals surface area (Å²) >= 11 is 16.7. The maximum atomic E-state index is 12.4. The van der Waals surface area contributed by atoms with Crippen LogP contribution in [-0.4, -0.2) is 28.4 Å². The summed E-state index contributed by atoms with van der Waals surface area (Å²) in [6.45, 7) is 0.555. The van der Waals surface area contributed by atoms with Crippen LogP contribution in [0.15, 0.2) is 18.2 Å². The Morgan fingerprint density at radius 3 is 2.58 bits per heavy atom. The minimum absolute atomic E-state index is 0.0442. The number of nitrogens with zero attached hydrogens (tertiary/aromatic N) is 1. The van der Waals surface area contributed by atoms with Crippen LogP contribution in [0.25, 0.3) is 0 Å². The van der Waals surface area contributed by atoms with E-state index in [1.54, 1.807) is 18.2 Å². The number of halogens is 2. The molecule has 0 unspecified atom stereocenters. The molecule has 0 radical (unpaired) electrons. The van der Waals surface area contributed by atoms with Gasteiger partial charge >= 0.3 is 0 Å². The van der Waals surface area contributed by atoms with Gasteiger partial charge in [-0.3, -0.25) is 4.79 Å². The van der Waals surface area contributed by atoms with Crippen molar-refractivity contribution in [1.29, 1.82) is 0 Å². The molecule has 19 heavy (non-hydrogen) atoms. The Morgan fingerprint density at radius 1 is 1.37 bits per heavy atom. The molecule has 1 aliphatic rings. The summed E-state index contributed by atoms with van der Waals surface area (Å²) < 4.78 is 0. The molecule has 0 spiro atoms. The first-order chi connectivity index (χ1) is 8.99. The van der Waals surface area contributed by atoms with Crippen molar-refractivity contribution in [1.82, 2.24) is 4.90 Å². The predicted octanol–water partition coefficient (Wildman–Crippen LogP) is 3.27. The minimum atomic E-state index is -0.0442. The lowest BCUT2D eigenvalue weighted by molar-refractivity contribution is 0.0748. The first-order valence-electron chi connectivity index (χ1n) is 6.03. The number of carbonyl (C=O) groups excluding carboxylic acids is 1. The number of hydrogen-bond donors (Lipinski definition) is 1. The summed E-state index contributed by atoms with van der Waals surface area (Å²) in [7, 11) is 0. The number of amides is 1. The fourth-order valence-corrected chi connectivity index (χ4v) is 2.25. The third-order valence-corrected chi connectivity index (χ3v) is 3.96. The van der Waals surface area contributed by atoms with Crippen molar-refractivity contribution >= 4 is 46.3 Å². The molecule has 0 aromatic heterocycles. The Hall–Kier alpha value is -0.840. The molecule has 0 atom stereocenters. The van der Waals surface area contributed by atoms with Gasteiger partial charge in [0, 0.05) is 24.6 Å². The van der Waals surface area contributed by atoms with Gasteiger partial charge in [0.25, 0.3) is 5.91 Å². The standard InChI is InChI=1S/C13H14Cl2N2OS/c14-10-4-1-8(7-11(10)15)13(18)17(9-2-3-9)6-5-12(16)19/h1,4,7,9H,2-3,5-6H2,(H2,16,19). The second kappa shape index (κ2) is 6.07. The van der Waals surface area contributed by atoms with Gasteiger partial charge in [0.2, 0.25) is 0 Å². The Bertz CT molecular complexity index is 517. The average molecular weight is 317 g/mol. The van der Waals surface area contributed by atoms with Gasteiger partial charge in [-0.15, -0.1) is 0 Å². The smallest absolute Gasteiger partial charge is 0.254 e. The van der Waals surface area contributed by atoms with Crippen LogP contribution in [0.3, 0.4) is 0 Å². The highest BCUT2D eigenvalue weighted by molar-refractivity contribution is 7.80. The quantitative estimate of drug-likeness (QED) is 0.848. The van der Waals surface area contributed by atoms with Crippen molar-refractivity contribution in [3.05, 3.63) is 33.8 Å². The van der Waals surface area contributed by atoms with Crippen LogP contribution in [0.1, 0.15) is 29.6 Å². The van der Waals surface area contributed by atoms with Crippen LogP contribution in [0, 0.1) is 0 Å². The Morgan fingerprint density at radius 2 is 2.05 bits per heavy atom. The second-order valence-corrected chi connectivity index (χ2v) is 5.91. The molecule has 1 aromatic rings. The topological polar surface area (TPSA) is 46.3 Å². The number of benzene rings is 1. The zero-order valence-corrected chi connectivity index (χ0v) is 12.6. The van der Waals surface area contributed by atoms with E-state index in [1.165, 1.54) is 0 Å². The second-order valence-electron chi connectivity index (χ2n) is 4.57. The highest BCUT2D eigenvalue weighted by atomic mass is 35.5. The molecule has 2 N–H and O–H groups in total. The number of thiocarbonyl (C=S) groups is 1. The summed E-state index contributed by atoms with van der Waals surface area (Å²) in [5.74, 6) is -0.0442. The number of nitrogens with two attached hydrogens (primary N) is 1. The Kier molecular flexibility index (Phi) is 4.66. The van der Waals surface area contributed by atoms with Gasteiger partial charge in [-0.2, -0.15) is 0 Å². The largest absolute Gasteiger partial charge is 0.393 e. The number of rotatable bonds is 5. The molecule has 0 aliphatic heterocycles. The van der Waals surface area contributed by atoms with Crippen LogP contribution >= 0.6 is 35.4 Å². The van der Waals surface area contributed by atoms with Crippen LogP contribution in [0.2, 0.25) is 10.0 Å². The highest BCUT2D eigenvalue weighted by Gasteiger charge is 2.32. The SMILES string of the molecule is NC(=S)CCN(C(=O)c1ccc(Cl)c(Cl)c1)C1CC1. The molecular weight excluding hydrogens is 303 g/mol. The maximum Gasteiger partial charge on any atom is 0.254 e. The summed E-state index contributed by atoms with van der Waals surface area (Å²) in [5, 5.41) is 0.830. The monoisotopic (exact) mass is 316 g/mol. The molecule has 0 saturated heterocycles. The van der Waals surface area contributed by atoms with E-state index in [2.05, 4.69) is 0 Å². The predicted molar refractivity (Wildman–Crippen MR) is 81.9 cm³/mol. The van der Waals surface area contributed by atoms with Crippen molar-refractivity contribution in [2.45, 2.75) is 25.3 Å². The molecular formula is C13H14Cl2N2OS. The van der Waals surface area contributed by atoms with Crippen molar-refractivity contribution in [3.8, 4) is 0 Å². The van der Waals surface area contributed by atoms with E-state index < -0.39 is 0 Å². The first kappa shape index (κ1) is 14.6. The van der Waals surface area contributed by atoms with Crippen LogP contribution in [0.4, 0.5) is 0 Å². The van der Waals surface area contributed by atoms with Gasteiger partial charge < -0.3 is 10.6 Å². The van der Waals surface area contributed by atoms with E-state index in [-0.39, 0.29) is 5.91 Å². The van der Waals surface area contributed by atoms with Gasteiger partial charge in [0.05, 0.1) is 15.0 Å². The highest BCUT2D eigenvalue weighted by Crippen LogP contribution is 2.30. The van der Waals surface area contributed by atoms with Gasteiger partial charge in [0.1, 0.15) is 0 Å². The lowest BCUT2D eigenvalue weighted by Crippen LogP contribution is -2.35.